The first-order valence-corrected chi connectivity index (χ1v) is 9.87. The summed E-state index contributed by atoms with van der Waals surface area (Å²) >= 11 is 1.38. The largest absolute Gasteiger partial charge is 0.350 e. The Hall–Kier alpha value is -2.96. The Balaban J connectivity index is 1.65. The van der Waals surface area contributed by atoms with Gasteiger partial charge in [0, 0.05) is 17.8 Å². The lowest BCUT2D eigenvalue weighted by Gasteiger charge is -2.25. The van der Waals surface area contributed by atoms with Gasteiger partial charge >= 0.3 is 0 Å². The number of carbonyl (C=O) groups is 2. The monoisotopic (exact) mass is 393 g/mol. The summed E-state index contributed by atoms with van der Waals surface area (Å²) in [5.74, 6) is -0.348. The molecule has 0 unspecified atom stereocenters. The lowest BCUT2D eigenvalue weighted by atomic mass is 10.1. The molecule has 1 aromatic heterocycles. The molecule has 2 N–H and O–H groups in total. The lowest BCUT2D eigenvalue weighted by molar-refractivity contribution is 0.0940. The zero-order chi connectivity index (χ0) is 19.9. The van der Waals surface area contributed by atoms with Gasteiger partial charge in [-0.15, -0.1) is 11.3 Å². The second-order valence-electron chi connectivity index (χ2n) is 6.61. The van der Waals surface area contributed by atoms with Crippen molar-refractivity contribution in [3.63, 3.8) is 0 Å². The minimum Gasteiger partial charge on any atom is -0.350 e. The SMILES string of the molecule is CN(C)[C@@H](CNC(=O)c1cccc(NC(=O)c2cccs2)c1)c1ccccc1. The van der Waals surface area contributed by atoms with Crippen LogP contribution in [0.5, 0.6) is 0 Å². The molecule has 0 aliphatic heterocycles. The van der Waals surface area contributed by atoms with Crippen LogP contribution in [0.1, 0.15) is 31.6 Å². The fourth-order valence-corrected chi connectivity index (χ4v) is 3.52. The number of rotatable bonds is 7. The minimum absolute atomic E-state index is 0.0758. The zero-order valence-corrected chi connectivity index (χ0v) is 16.7. The number of nitrogens with zero attached hydrogens (tertiary/aromatic N) is 1. The maximum absolute atomic E-state index is 12.6. The normalized spacial score (nSPS) is 11.8. The van der Waals surface area contributed by atoms with Crippen molar-refractivity contribution < 1.29 is 9.59 Å². The standard InChI is InChI=1S/C22H23N3O2S/c1-25(2)19(16-8-4-3-5-9-16)15-23-21(26)17-10-6-11-18(14-17)24-22(27)20-12-7-13-28-20/h3-14,19H,15H2,1-2H3,(H,23,26)(H,24,27)/t19-/m0/s1. The van der Waals surface area contributed by atoms with Gasteiger partial charge in [0.05, 0.1) is 10.9 Å². The molecule has 5 nitrogen and oxygen atoms in total. The predicted octanol–water partition coefficient (Wildman–Crippen LogP) is 4.03. The van der Waals surface area contributed by atoms with E-state index in [-0.39, 0.29) is 17.9 Å². The number of thiophene rings is 1. The van der Waals surface area contributed by atoms with Gasteiger partial charge in [0.15, 0.2) is 0 Å². The van der Waals surface area contributed by atoms with Gasteiger partial charge in [0.1, 0.15) is 0 Å². The van der Waals surface area contributed by atoms with Gasteiger partial charge in [-0.2, -0.15) is 0 Å². The van der Waals surface area contributed by atoms with E-state index in [1.165, 1.54) is 11.3 Å². The Morgan fingerprint density at radius 3 is 2.43 bits per heavy atom. The van der Waals surface area contributed by atoms with Crippen LogP contribution in [0.3, 0.4) is 0 Å². The average molecular weight is 394 g/mol. The Morgan fingerprint density at radius 1 is 0.964 bits per heavy atom. The van der Waals surface area contributed by atoms with E-state index in [4.69, 9.17) is 0 Å². The van der Waals surface area contributed by atoms with Crippen molar-refractivity contribution in [3.8, 4) is 0 Å². The van der Waals surface area contributed by atoms with E-state index in [9.17, 15) is 9.59 Å². The third-order valence-corrected chi connectivity index (χ3v) is 5.26. The Kier molecular flexibility index (Phi) is 6.57. The topological polar surface area (TPSA) is 61.4 Å². The summed E-state index contributed by atoms with van der Waals surface area (Å²) in [6.07, 6.45) is 0. The molecular weight excluding hydrogens is 370 g/mol. The molecule has 2 amide bonds. The van der Waals surface area contributed by atoms with Crippen molar-refractivity contribution in [2.75, 3.05) is 26.0 Å². The van der Waals surface area contributed by atoms with Crippen LogP contribution in [0.25, 0.3) is 0 Å². The predicted molar refractivity (Wildman–Crippen MR) is 114 cm³/mol. The number of anilines is 1. The molecule has 0 spiro atoms. The van der Waals surface area contributed by atoms with Gasteiger partial charge < -0.3 is 15.5 Å². The molecule has 3 rings (SSSR count). The number of hydrogen-bond acceptors (Lipinski definition) is 4. The van der Waals surface area contributed by atoms with Crippen LogP contribution in [-0.4, -0.2) is 37.4 Å². The molecule has 144 valence electrons. The molecule has 2 aromatic carbocycles. The second-order valence-corrected chi connectivity index (χ2v) is 7.56. The van der Waals surface area contributed by atoms with Crippen LogP contribution >= 0.6 is 11.3 Å². The molecule has 0 bridgehead atoms. The Morgan fingerprint density at radius 2 is 1.75 bits per heavy atom. The van der Waals surface area contributed by atoms with Crippen LogP contribution in [0.2, 0.25) is 0 Å². The molecule has 0 saturated heterocycles. The van der Waals surface area contributed by atoms with Gasteiger partial charge in [0.2, 0.25) is 0 Å². The molecule has 1 heterocycles. The molecule has 0 fully saturated rings. The highest BCUT2D eigenvalue weighted by Crippen LogP contribution is 2.18. The molecule has 0 saturated carbocycles. The van der Waals surface area contributed by atoms with Crippen molar-refractivity contribution in [1.82, 2.24) is 10.2 Å². The number of carbonyl (C=O) groups excluding carboxylic acids is 2. The van der Waals surface area contributed by atoms with Gasteiger partial charge in [-0.05, 0) is 49.3 Å². The van der Waals surface area contributed by atoms with Gasteiger partial charge in [-0.1, -0.05) is 42.5 Å². The summed E-state index contributed by atoms with van der Waals surface area (Å²) < 4.78 is 0. The molecular formula is C22H23N3O2S. The van der Waals surface area contributed by atoms with E-state index in [0.717, 1.165) is 5.56 Å². The van der Waals surface area contributed by atoms with Gasteiger partial charge in [-0.3, -0.25) is 9.59 Å². The Labute approximate surface area is 169 Å². The summed E-state index contributed by atoms with van der Waals surface area (Å²) in [5, 5.41) is 7.68. The molecule has 28 heavy (non-hydrogen) atoms. The second kappa shape index (κ2) is 9.30. The molecule has 3 aromatic rings. The number of likely N-dealkylation sites (N-methyl/N-ethyl adjacent to an activating group) is 1. The quantitative estimate of drug-likeness (QED) is 0.637. The number of amides is 2. The number of nitrogens with one attached hydrogen (secondary N) is 2. The summed E-state index contributed by atoms with van der Waals surface area (Å²) in [4.78, 5) is 27.5. The molecule has 0 radical (unpaired) electrons. The van der Waals surface area contributed by atoms with E-state index >= 15 is 0 Å². The van der Waals surface area contributed by atoms with Crippen LogP contribution < -0.4 is 10.6 Å². The van der Waals surface area contributed by atoms with Crippen molar-refractivity contribution in [3.05, 3.63) is 88.1 Å². The first kappa shape index (κ1) is 19.8. The fraction of sp³-hybridized carbons (Fsp3) is 0.182. The number of benzene rings is 2. The summed E-state index contributed by atoms with van der Waals surface area (Å²) in [5.41, 5.74) is 2.25. The van der Waals surface area contributed by atoms with E-state index in [1.54, 1.807) is 30.3 Å². The van der Waals surface area contributed by atoms with Crippen LogP contribution in [0.4, 0.5) is 5.69 Å². The smallest absolute Gasteiger partial charge is 0.265 e. The highest BCUT2D eigenvalue weighted by Gasteiger charge is 2.16. The van der Waals surface area contributed by atoms with Crippen molar-refractivity contribution in [2.24, 2.45) is 0 Å². The van der Waals surface area contributed by atoms with E-state index in [1.807, 2.05) is 43.7 Å². The maximum atomic E-state index is 12.6. The summed E-state index contributed by atoms with van der Waals surface area (Å²) in [6.45, 7) is 0.488. The highest BCUT2D eigenvalue weighted by molar-refractivity contribution is 7.12. The van der Waals surface area contributed by atoms with Crippen LogP contribution in [-0.2, 0) is 0 Å². The molecule has 0 aliphatic rings. The summed E-state index contributed by atoms with van der Waals surface area (Å²) in [6, 6.07) is 20.7. The lowest BCUT2D eigenvalue weighted by Crippen LogP contribution is -2.34. The molecule has 1 atom stereocenters. The van der Waals surface area contributed by atoms with Crippen LogP contribution in [0, 0.1) is 0 Å². The minimum atomic E-state index is -0.177. The summed E-state index contributed by atoms with van der Waals surface area (Å²) in [7, 11) is 3.98. The molecule has 6 heteroatoms. The molecule has 0 aliphatic carbocycles. The Bertz CT molecular complexity index is 924. The fourth-order valence-electron chi connectivity index (χ4n) is 2.90. The van der Waals surface area contributed by atoms with Gasteiger partial charge in [-0.25, -0.2) is 0 Å². The van der Waals surface area contributed by atoms with E-state index < -0.39 is 0 Å². The highest BCUT2D eigenvalue weighted by atomic mass is 32.1. The van der Waals surface area contributed by atoms with E-state index in [2.05, 4.69) is 27.7 Å². The first-order valence-electron chi connectivity index (χ1n) is 8.99. The third-order valence-electron chi connectivity index (χ3n) is 4.39. The first-order chi connectivity index (χ1) is 13.5. The van der Waals surface area contributed by atoms with Crippen molar-refractivity contribution >= 4 is 28.8 Å². The van der Waals surface area contributed by atoms with Gasteiger partial charge in [0.25, 0.3) is 11.8 Å². The zero-order valence-electron chi connectivity index (χ0n) is 15.9. The van der Waals surface area contributed by atoms with Crippen molar-refractivity contribution in [1.29, 1.82) is 0 Å². The number of hydrogen-bond donors (Lipinski definition) is 2. The third kappa shape index (κ3) is 5.06. The van der Waals surface area contributed by atoms with Crippen LogP contribution in [0.15, 0.2) is 72.1 Å². The van der Waals surface area contributed by atoms with Crippen molar-refractivity contribution in [2.45, 2.75) is 6.04 Å². The average Bonchev–Trinajstić information content (AvgIpc) is 3.24. The van der Waals surface area contributed by atoms with E-state index in [0.29, 0.717) is 22.7 Å². The maximum Gasteiger partial charge on any atom is 0.265 e.